The van der Waals surface area contributed by atoms with Crippen molar-refractivity contribution in [2.45, 2.75) is 19.4 Å². The molecule has 0 atom stereocenters. The number of amides is 1. The maximum absolute atomic E-state index is 13.1. The first-order valence-corrected chi connectivity index (χ1v) is 11.9. The van der Waals surface area contributed by atoms with Gasteiger partial charge in [0.1, 0.15) is 0 Å². The van der Waals surface area contributed by atoms with Crippen LogP contribution in [-0.2, 0) is 11.3 Å². The second-order valence-corrected chi connectivity index (χ2v) is 8.99. The zero-order chi connectivity index (χ0) is 22.5. The Morgan fingerprint density at radius 1 is 0.758 bits per heavy atom. The van der Waals surface area contributed by atoms with Gasteiger partial charge in [-0.05, 0) is 24.0 Å². The van der Waals surface area contributed by atoms with Crippen LogP contribution in [0.1, 0.15) is 18.4 Å². The van der Waals surface area contributed by atoms with Crippen LogP contribution in [0.2, 0.25) is 0 Å². The average molecular weight is 442 g/mol. The largest absolute Gasteiger partial charge is 0.341 e. The molecule has 0 spiro atoms. The molecule has 5 rings (SSSR count). The number of carbonyl (C=O) groups is 1. The number of rotatable bonds is 5. The van der Waals surface area contributed by atoms with Gasteiger partial charge in [0.25, 0.3) is 0 Å². The lowest BCUT2D eigenvalue weighted by Crippen LogP contribution is -2.51. The van der Waals surface area contributed by atoms with Crippen LogP contribution in [0.15, 0.2) is 73.1 Å². The molecule has 0 radical (unpaired) electrons. The first-order chi connectivity index (χ1) is 16.3. The molecule has 2 aromatic carbocycles. The summed E-state index contributed by atoms with van der Waals surface area (Å²) in [6, 6.07) is 20.8. The minimum absolute atomic E-state index is 0.116. The van der Waals surface area contributed by atoms with E-state index in [1.54, 1.807) is 0 Å². The number of benzene rings is 2. The number of piperidine rings is 1. The van der Waals surface area contributed by atoms with E-state index in [9.17, 15) is 4.79 Å². The second kappa shape index (κ2) is 10.1. The molecule has 6 nitrogen and oxygen atoms in total. The summed E-state index contributed by atoms with van der Waals surface area (Å²) in [5, 5.41) is 0. The van der Waals surface area contributed by atoms with Crippen LogP contribution >= 0.6 is 0 Å². The summed E-state index contributed by atoms with van der Waals surface area (Å²) in [7, 11) is 0. The minimum atomic E-state index is 0.116. The number of carbonyl (C=O) groups excluding carboxylic acids is 1. The van der Waals surface area contributed by atoms with E-state index in [0.717, 1.165) is 75.7 Å². The molecule has 0 N–H and O–H groups in total. The fourth-order valence-corrected chi connectivity index (χ4v) is 4.82. The molecule has 2 aliphatic rings. The molecule has 0 aliphatic carbocycles. The number of piperazine rings is 1. The van der Waals surface area contributed by atoms with Crippen LogP contribution < -0.4 is 4.90 Å². The maximum atomic E-state index is 13.1. The van der Waals surface area contributed by atoms with Crippen molar-refractivity contribution in [3.63, 3.8) is 0 Å². The van der Waals surface area contributed by atoms with Gasteiger partial charge in [0.2, 0.25) is 11.9 Å². The van der Waals surface area contributed by atoms with Gasteiger partial charge in [0, 0.05) is 69.7 Å². The van der Waals surface area contributed by atoms with E-state index in [1.165, 1.54) is 5.56 Å². The van der Waals surface area contributed by atoms with Gasteiger partial charge in [-0.1, -0.05) is 60.7 Å². The summed E-state index contributed by atoms with van der Waals surface area (Å²) < 4.78 is 0. The molecule has 6 heteroatoms. The maximum Gasteiger partial charge on any atom is 0.225 e. The summed E-state index contributed by atoms with van der Waals surface area (Å²) in [5.74, 6) is 1.20. The third-order valence-electron chi connectivity index (χ3n) is 6.81. The van der Waals surface area contributed by atoms with E-state index >= 15 is 0 Å². The second-order valence-electron chi connectivity index (χ2n) is 8.99. The molecule has 3 aromatic rings. The Labute approximate surface area is 195 Å². The standard InChI is InChI=1S/C27H31N5O/c33-26(31-17-15-30(16-18-31)21-22-7-3-1-4-8-22)24-11-13-32(14-12-24)27-28-19-25(20-29-27)23-9-5-2-6-10-23/h1-10,19-20,24H,11-18,21H2. The molecular formula is C27H31N5O. The molecule has 1 aromatic heterocycles. The molecule has 1 amide bonds. The molecule has 2 saturated heterocycles. The molecular weight excluding hydrogens is 410 g/mol. The molecule has 170 valence electrons. The van der Waals surface area contributed by atoms with Gasteiger partial charge in [0.05, 0.1) is 0 Å². The van der Waals surface area contributed by atoms with Crippen LogP contribution in [-0.4, -0.2) is 64.9 Å². The third kappa shape index (κ3) is 5.22. The van der Waals surface area contributed by atoms with Crippen molar-refractivity contribution in [2.75, 3.05) is 44.2 Å². The fourth-order valence-electron chi connectivity index (χ4n) is 4.82. The van der Waals surface area contributed by atoms with Crippen LogP contribution in [0.3, 0.4) is 0 Å². The van der Waals surface area contributed by atoms with Crippen LogP contribution in [0.4, 0.5) is 5.95 Å². The number of aromatic nitrogens is 2. The minimum Gasteiger partial charge on any atom is -0.341 e. The molecule has 2 aliphatic heterocycles. The van der Waals surface area contributed by atoms with Gasteiger partial charge in [-0.3, -0.25) is 9.69 Å². The highest BCUT2D eigenvalue weighted by atomic mass is 16.2. The van der Waals surface area contributed by atoms with Crippen LogP contribution in [0.5, 0.6) is 0 Å². The van der Waals surface area contributed by atoms with Crippen molar-refractivity contribution in [3.8, 4) is 11.1 Å². The molecule has 2 fully saturated rings. The quantitative estimate of drug-likeness (QED) is 0.604. The first-order valence-electron chi connectivity index (χ1n) is 11.9. The highest BCUT2D eigenvalue weighted by Gasteiger charge is 2.31. The lowest BCUT2D eigenvalue weighted by molar-refractivity contribution is -0.138. The van der Waals surface area contributed by atoms with Gasteiger partial charge < -0.3 is 9.80 Å². The van der Waals surface area contributed by atoms with E-state index in [0.29, 0.717) is 5.91 Å². The zero-order valence-corrected chi connectivity index (χ0v) is 19.0. The van der Waals surface area contributed by atoms with Crippen LogP contribution in [0, 0.1) is 5.92 Å². The van der Waals surface area contributed by atoms with E-state index in [-0.39, 0.29) is 5.92 Å². The topological polar surface area (TPSA) is 52.6 Å². The Hall–Kier alpha value is -3.25. The van der Waals surface area contributed by atoms with Gasteiger partial charge >= 0.3 is 0 Å². The Balaban J connectivity index is 1.10. The molecule has 33 heavy (non-hydrogen) atoms. The Kier molecular flexibility index (Phi) is 6.63. The highest BCUT2D eigenvalue weighted by molar-refractivity contribution is 5.79. The number of anilines is 1. The average Bonchev–Trinajstić information content (AvgIpc) is 2.90. The van der Waals surface area contributed by atoms with Gasteiger partial charge in [-0.25, -0.2) is 9.97 Å². The predicted molar refractivity (Wildman–Crippen MR) is 131 cm³/mol. The van der Waals surface area contributed by atoms with Crippen molar-refractivity contribution in [2.24, 2.45) is 5.92 Å². The molecule has 3 heterocycles. The van der Waals surface area contributed by atoms with Crippen molar-refractivity contribution in [1.82, 2.24) is 19.8 Å². The van der Waals surface area contributed by atoms with Gasteiger partial charge in [0.15, 0.2) is 0 Å². The van der Waals surface area contributed by atoms with Crippen molar-refractivity contribution >= 4 is 11.9 Å². The molecule has 0 saturated carbocycles. The summed E-state index contributed by atoms with van der Waals surface area (Å²) >= 11 is 0. The Morgan fingerprint density at radius 3 is 2.00 bits per heavy atom. The molecule has 0 unspecified atom stereocenters. The Bertz CT molecular complexity index is 1030. The van der Waals surface area contributed by atoms with E-state index in [2.05, 4.69) is 67.1 Å². The fraction of sp³-hybridized carbons (Fsp3) is 0.370. The summed E-state index contributed by atoms with van der Waals surface area (Å²) in [5.41, 5.74) is 3.48. The smallest absolute Gasteiger partial charge is 0.225 e. The zero-order valence-electron chi connectivity index (χ0n) is 19.0. The summed E-state index contributed by atoms with van der Waals surface area (Å²) in [6.07, 6.45) is 5.52. The third-order valence-corrected chi connectivity index (χ3v) is 6.81. The number of nitrogens with zero attached hydrogens (tertiary/aromatic N) is 5. The van der Waals surface area contributed by atoms with E-state index in [1.807, 2.05) is 30.6 Å². The van der Waals surface area contributed by atoms with Gasteiger partial charge in [-0.15, -0.1) is 0 Å². The van der Waals surface area contributed by atoms with Crippen molar-refractivity contribution in [1.29, 1.82) is 0 Å². The summed E-state index contributed by atoms with van der Waals surface area (Å²) in [6.45, 7) is 6.17. The predicted octanol–water partition coefficient (Wildman–Crippen LogP) is 3.70. The lowest BCUT2D eigenvalue weighted by Gasteiger charge is -2.38. The normalized spacial score (nSPS) is 17.8. The van der Waals surface area contributed by atoms with Crippen molar-refractivity contribution in [3.05, 3.63) is 78.6 Å². The summed E-state index contributed by atoms with van der Waals surface area (Å²) in [4.78, 5) is 29.0. The lowest BCUT2D eigenvalue weighted by atomic mass is 9.95. The van der Waals surface area contributed by atoms with Gasteiger partial charge in [-0.2, -0.15) is 0 Å². The van der Waals surface area contributed by atoms with E-state index in [4.69, 9.17) is 0 Å². The van der Waals surface area contributed by atoms with Crippen LogP contribution in [0.25, 0.3) is 11.1 Å². The number of hydrogen-bond donors (Lipinski definition) is 0. The number of hydrogen-bond acceptors (Lipinski definition) is 5. The van der Waals surface area contributed by atoms with Crippen molar-refractivity contribution < 1.29 is 4.79 Å². The highest BCUT2D eigenvalue weighted by Crippen LogP contribution is 2.24. The van der Waals surface area contributed by atoms with E-state index < -0.39 is 0 Å². The Morgan fingerprint density at radius 2 is 1.36 bits per heavy atom. The SMILES string of the molecule is O=C(C1CCN(c2ncc(-c3ccccc3)cn2)CC1)N1CCN(Cc2ccccc2)CC1. The first kappa shape index (κ1) is 21.6. The molecule has 0 bridgehead atoms. The monoisotopic (exact) mass is 441 g/mol.